The Morgan fingerprint density at radius 3 is 2.66 bits per heavy atom. The van der Waals surface area contributed by atoms with Crippen LogP contribution in [0.15, 0.2) is 23.0 Å². The lowest BCUT2D eigenvalue weighted by atomic mass is 10.1. The zero-order valence-electron chi connectivity index (χ0n) is 17.5. The molecule has 0 bridgehead atoms. The molecule has 2 aromatic rings. The number of carbonyl (C=O) groups excluding carboxylic acids is 2. The summed E-state index contributed by atoms with van der Waals surface area (Å²) in [5.41, 5.74) is 1.48. The molecular formula is C21H23N4O6S-. The zero-order chi connectivity index (χ0) is 22.8. The Morgan fingerprint density at radius 1 is 1.22 bits per heavy atom. The molecule has 0 radical (unpaired) electrons. The third-order valence-electron chi connectivity index (χ3n) is 5.85. The maximum absolute atomic E-state index is 12.9. The van der Waals surface area contributed by atoms with Gasteiger partial charge in [-0.25, -0.2) is 9.10 Å². The van der Waals surface area contributed by atoms with Crippen LogP contribution in [0.3, 0.4) is 0 Å². The molecule has 0 saturated carbocycles. The van der Waals surface area contributed by atoms with Crippen LogP contribution in [-0.2, 0) is 32.6 Å². The summed E-state index contributed by atoms with van der Waals surface area (Å²) in [4.78, 5) is 36.7. The highest BCUT2D eigenvalue weighted by Gasteiger charge is 2.31. The van der Waals surface area contributed by atoms with Crippen molar-refractivity contribution in [2.24, 2.45) is 7.05 Å². The van der Waals surface area contributed by atoms with Crippen molar-refractivity contribution in [3.8, 4) is 11.8 Å². The molecule has 4 rings (SSSR count). The van der Waals surface area contributed by atoms with Crippen LogP contribution in [0.2, 0.25) is 0 Å². The highest BCUT2D eigenvalue weighted by molar-refractivity contribution is 7.76. The minimum absolute atomic E-state index is 0.0437. The second-order valence-corrected chi connectivity index (χ2v) is 8.76. The van der Waals surface area contributed by atoms with Gasteiger partial charge in [-0.1, -0.05) is 17.9 Å². The normalized spacial score (nSPS) is 21.2. The Hall–Kier alpha value is -2.78. The number of aromatic nitrogens is 2. The molecule has 2 atom stereocenters. The van der Waals surface area contributed by atoms with Gasteiger partial charge in [-0.05, 0) is 31.4 Å². The second kappa shape index (κ2) is 9.38. The van der Waals surface area contributed by atoms with Crippen molar-refractivity contribution in [3.05, 3.63) is 34.2 Å². The number of hydrogen-bond donors (Lipinski definition) is 1. The van der Waals surface area contributed by atoms with E-state index in [1.807, 2.05) is 0 Å². The quantitative estimate of drug-likeness (QED) is 0.388. The second-order valence-electron chi connectivity index (χ2n) is 7.81. The first-order chi connectivity index (χ1) is 15.4. The molecule has 2 amide bonds. The average Bonchev–Trinajstić information content (AvgIpc) is 3.03. The fourth-order valence-electron chi connectivity index (χ4n) is 4.21. The van der Waals surface area contributed by atoms with Crippen molar-refractivity contribution < 1.29 is 23.1 Å². The van der Waals surface area contributed by atoms with Crippen LogP contribution in [0, 0.1) is 11.8 Å². The fourth-order valence-corrected chi connectivity index (χ4v) is 4.72. The van der Waals surface area contributed by atoms with E-state index in [4.69, 9.17) is 4.74 Å². The number of ether oxygens (including phenoxy) is 1. The van der Waals surface area contributed by atoms with Gasteiger partial charge in [-0.3, -0.25) is 28.2 Å². The Balaban J connectivity index is 1.52. The molecular weight excluding hydrogens is 436 g/mol. The molecule has 1 aromatic heterocycles. The lowest BCUT2D eigenvalue weighted by molar-refractivity contribution is -0.135. The minimum atomic E-state index is -2.19. The van der Waals surface area contributed by atoms with E-state index in [9.17, 15) is 23.1 Å². The maximum Gasteiger partial charge on any atom is 0.329 e. The van der Waals surface area contributed by atoms with Crippen molar-refractivity contribution >= 4 is 34.1 Å². The fraction of sp³-hybridized carbons (Fsp3) is 0.476. The summed E-state index contributed by atoms with van der Waals surface area (Å²) in [6.45, 7) is 1.05. The zero-order valence-corrected chi connectivity index (χ0v) is 18.4. The number of hydrogen-bond acceptors (Lipinski definition) is 6. The van der Waals surface area contributed by atoms with Crippen LogP contribution in [-0.4, -0.2) is 59.8 Å². The van der Waals surface area contributed by atoms with Crippen molar-refractivity contribution in [2.75, 3.05) is 19.7 Å². The van der Waals surface area contributed by atoms with Gasteiger partial charge >= 0.3 is 5.69 Å². The van der Waals surface area contributed by atoms with Gasteiger partial charge in [0.1, 0.15) is 12.6 Å². The van der Waals surface area contributed by atoms with Gasteiger partial charge in [0, 0.05) is 37.8 Å². The van der Waals surface area contributed by atoms with E-state index in [-0.39, 0.29) is 37.1 Å². The van der Waals surface area contributed by atoms with Gasteiger partial charge in [0.25, 0.3) is 0 Å². The van der Waals surface area contributed by atoms with Gasteiger partial charge in [0.15, 0.2) is 0 Å². The minimum Gasteiger partial charge on any atom is -0.760 e. The van der Waals surface area contributed by atoms with Gasteiger partial charge in [-0.15, -0.1) is 0 Å². The van der Waals surface area contributed by atoms with E-state index in [0.717, 1.165) is 0 Å². The van der Waals surface area contributed by atoms with Crippen LogP contribution in [0.5, 0.6) is 0 Å². The molecule has 3 heterocycles. The molecule has 2 unspecified atom stereocenters. The Labute approximate surface area is 186 Å². The number of imidazole rings is 1. The smallest absolute Gasteiger partial charge is 0.329 e. The van der Waals surface area contributed by atoms with Crippen molar-refractivity contribution in [2.45, 2.75) is 37.8 Å². The first-order valence-corrected chi connectivity index (χ1v) is 11.4. The number of carbonyl (C=O) groups is 2. The summed E-state index contributed by atoms with van der Waals surface area (Å²) in [5, 5.41) is 2.30. The molecule has 2 aliphatic heterocycles. The molecule has 170 valence electrons. The highest BCUT2D eigenvalue weighted by atomic mass is 32.2. The van der Waals surface area contributed by atoms with E-state index in [1.54, 1.807) is 25.2 Å². The average molecular weight is 460 g/mol. The summed E-state index contributed by atoms with van der Waals surface area (Å²) in [6, 6.07) is 4.58. The van der Waals surface area contributed by atoms with Gasteiger partial charge < -0.3 is 9.29 Å². The SMILES string of the molecule is Cn1c(=O)n(C2CCC(=O)NC2=O)c2cccc(C#CCOC3CCN(S(=O)[O-])CC3)c21. The van der Waals surface area contributed by atoms with Crippen LogP contribution < -0.4 is 11.0 Å². The Bertz CT molecular complexity index is 1200. The van der Waals surface area contributed by atoms with Crippen LogP contribution in [0.1, 0.15) is 37.3 Å². The Kier molecular flexibility index (Phi) is 6.57. The van der Waals surface area contributed by atoms with E-state index >= 15 is 0 Å². The molecule has 0 aliphatic carbocycles. The third-order valence-corrected chi connectivity index (χ3v) is 6.64. The van der Waals surface area contributed by atoms with Crippen molar-refractivity contribution in [1.29, 1.82) is 0 Å². The summed E-state index contributed by atoms with van der Waals surface area (Å²) in [7, 11) is 1.63. The summed E-state index contributed by atoms with van der Waals surface area (Å²) in [6.07, 6.45) is 1.65. The lowest BCUT2D eigenvalue weighted by Crippen LogP contribution is -2.44. The number of fused-ring (bicyclic) bond motifs is 1. The van der Waals surface area contributed by atoms with E-state index < -0.39 is 23.2 Å². The van der Waals surface area contributed by atoms with Crippen LogP contribution in [0.25, 0.3) is 11.0 Å². The van der Waals surface area contributed by atoms with Crippen molar-refractivity contribution in [3.63, 3.8) is 0 Å². The Morgan fingerprint density at radius 2 is 1.97 bits per heavy atom. The van der Waals surface area contributed by atoms with Crippen LogP contribution in [0.4, 0.5) is 0 Å². The number of rotatable bonds is 4. The molecule has 2 aliphatic rings. The first-order valence-electron chi connectivity index (χ1n) is 10.3. The predicted molar refractivity (Wildman–Crippen MR) is 115 cm³/mol. The standard InChI is InChI=1S/C21H24N4O6S/c1-23-19-14(5-3-13-31-15-9-11-24(12-10-15)32(29)30)4-2-6-16(19)25(21(23)28)17-7-8-18(26)22-20(17)27/h2,4,6,15,17H,7-13H2,1H3,(H,29,30)(H,22,26,27)/p-1. The number of amides is 2. The number of piperidine rings is 2. The van der Waals surface area contributed by atoms with E-state index in [1.165, 1.54) is 13.4 Å². The predicted octanol–water partition coefficient (Wildman–Crippen LogP) is -0.0557. The molecule has 1 aromatic carbocycles. The summed E-state index contributed by atoms with van der Waals surface area (Å²) < 4.78 is 32.0. The monoisotopic (exact) mass is 459 g/mol. The number of nitrogens with zero attached hydrogens (tertiary/aromatic N) is 3. The van der Waals surface area contributed by atoms with Crippen LogP contribution >= 0.6 is 0 Å². The van der Waals surface area contributed by atoms with Gasteiger partial charge in [-0.2, -0.15) is 0 Å². The molecule has 2 fully saturated rings. The molecule has 11 heteroatoms. The molecule has 10 nitrogen and oxygen atoms in total. The number of imide groups is 1. The highest BCUT2D eigenvalue weighted by Crippen LogP contribution is 2.24. The lowest BCUT2D eigenvalue weighted by Gasteiger charge is -2.32. The molecule has 2 saturated heterocycles. The third kappa shape index (κ3) is 4.40. The molecule has 32 heavy (non-hydrogen) atoms. The summed E-state index contributed by atoms with van der Waals surface area (Å²) >= 11 is -2.19. The molecule has 0 spiro atoms. The van der Waals surface area contributed by atoms with Gasteiger partial charge in [0.2, 0.25) is 11.8 Å². The number of benzene rings is 1. The summed E-state index contributed by atoms with van der Waals surface area (Å²) in [5.74, 6) is 5.20. The first kappa shape index (κ1) is 22.4. The maximum atomic E-state index is 12.9. The number of aryl methyl sites for hydroxylation is 1. The van der Waals surface area contributed by atoms with Gasteiger partial charge in [0.05, 0.1) is 22.7 Å². The van der Waals surface area contributed by atoms with E-state index in [0.29, 0.717) is 42.5 Å². The topological polar surface area (TPSA) is 126 Å². The number of nitrogens with one attached hydrogen (secondary N) is 1. The molecule has 1 N–H and O–H groups in total. The largest absolute Gasteiger partial charge is 0.760 e. The van der Waals surface area contributed by atoms with E-state index in [2.05, 4.69) is 17.2 Å². The van der Waals surface area contributed by atoms with Crippen molar-refractivity contribution in [1.82, 2.24) is 18.8 Å². The number of para-hydroxylation sites is 1.